The normalized spacial score (nSPS) is 9.31. The molecule has 0 aliphatic heterocycles. The Morgan fingerprint density at radius 1 is 1.62 bits per heavy atom. The first kappa shape index (κ1) is 9.53. The van der Waals surface area contributed by atoms with Gasteiger partial charge in [-0.3, -0.25) is 16.1 Å². The van der Waals surface area contributed by atoms with E-state index in [1.165, 1.54) is 11.3 Å². The summed E-state index contributed by atoms with van der Waals surface area (Å²) in [4.78, 5) is 1.62. The Morgan fingerprint density at radius 2 is 2.31 bits per heavy atom. The van der Waals surface area contributed by atoms with Crippen LogP contribution in [0.2, 0.25) is 0 Å². The fourth-order valence-electron chi connectivity index (χ4n) is 0.782. The summed E-state index contributed by atoms with van der Waals surface area (Å²) in [6.45, 7) is 0. The maximum absolute atomic E-state index is 7.50. The lowest BCUT2D eigenvalue weighted by atomic mass is 10.6. The second-order valence-corrected chi connectivity index (χ2v) is 3.32. The number of nitrogens with two attached hydrogens (primary N) is 1. The van der Waals surface area contributed by atoms with Crippen LogP contribution in [0.5, 0.6) is 0 Å². The minimum atomic E-state index is -0.228. The van der Waals surface area contributed by atoms with Gasteiger partial charge < -0.3 is 10.6 Å². The van der Waals surface area contributed by atoms with Gasteiger partial charge in [0.2, 0.25) is 5.96 Å². The molecule has 1 rings (SSSR count). The van der Waals surface area contributed by atoms with Crippen LogP contribution in [0.4, 0.5) is 5.00 Å². The summed E-state index contributed by atoms with van der Waals surface area (Å²) in [7, 11) is 1.74. The molecule has 1 aromatic rings. The number of thiophene rings is 1. The molecular formula is C7H11N5S. The van der Waals surface area contributed by atoms with E-state index in [9.17, 15) is 0 Å². The summed E-state index contributed by atoms with van der Waals surface area (Å²) in [5.74, 6) is -0.136. The molecule has 0 saturated carbocycles. The molecular weight excluding hydrogens is 186 g/mol. The Morgan fingerprint density at radius 3 is 2.77 bits per heavy atom. The molecule has 0 radical (unpaired) electrons. The van der Waals surface area contributed by atoms with Crippen molar-refractivity contribution < 1.29 is 0 Å². The Bertz CT molecular complexity index is 305. The molecule has 1 heterocycles. The SMILES string of the molecule is CN(C(=N)NC(=N)N)c1cccs1. The van der Waals surface area contributed by atoms with Crippen LogP contribution < -0.4 is 16.0 Å². The van der Waals surface area contributed by atoms with Crippen molar-refractivity contribution in [3.8, 4) is 0 Å². The summed E-state index contributed by atoms with van der Waals surface area (Å²) in [5, 5.41) is 19.7. The van der Waals surface area contributed by atoms with Crippen molar-refractivity contribution in [2.75, 3.05) is 11.9 Å². The Kier molecular flexibility index (Phi) is 2.86. The van der Waals surface area contributed by atoms with Gasteiger partial charge in [-0.1, -0.05) is 0 Å². The van der Waals surface area contributed by atoms with E-state index >= 15 is 0 Å². The Labute approximate surface area is 80.2 Å². The quantitative estimate of drug-likeness (QED) is 0.392. The molecule has 0 spiro atoms. The maximum Gasteiger partial charge on any atom is 0.202 e. The number of hydrogen-bond donors (Lipinski definition) is 4. The topological polar surface area (TPSA) is 89.0 Å². The van der Waals surface area contributed by atoms with Crippen LogP contribution in [0.1, 0.15) is 0 Å². The monoisotopic (exact) mass is 197 g/mol. The largest absolute Gasteiger partial charge is 0.370 e. The zero-order valence-corrected chi connectivity index (χ0v) is 7.98. The number of anilines is 1. The minimum absolute atomic E-state index is 0.0925. The summed E-state index contributed by atoms with van der Waals surface area (Å²) in [5.41, 5.74) is 5.09. The van der Waals surface area contributed by atoms with E-state index in [0.29, 0.717) is 0 Å². The predicted octanol–water partition coefficient (Wildman–Crippen LogP) is 0.602. The zero-order chi connectivity index (χ0) is 9.84. The summed E-state index contributed by atoms with van der Waals surface area (Å²) >= 11 is 1.52. The van der Waals surface area contributed by atoms with Crippen LogP contribution in [0.3, 0.4) is 0 Å². The molecule has 0 saturated heterocycles. The summed E-state index contributed by atoms with van der Waals surface area (Å²) in [6, 6.07) is 3.79. The van der Waals surface area contributed by atoms with Crippen LogP contribution in [-0.4, -0.2) is 19.0 Å². The molecule has 0 amide bonds. The maximum atomic E-state index is 7.50. The van der Waals surface area contributed by atoms with E-state index in [2.05, 4.69) is 5.32 Å². The van der Waals surface area contributed by atoms with Crippen LogP contribution in [0.25, 0.3) is 0 Å². The molecule has 5 N–H and O–H groups in total. The average molecular weight is 197 g/mol. The first-order valence-electron chi connectivity index (χ1n) is 3.58. The number of guanidine groups is 2. The van der Waals surface area contributed by atoms with Gasteiger partial charge in [0, 0.05) is 7.05 Å². The number of nitrogens with zero attached hydrogens (tertiary/aromatic N) is 1. The third kappa shape index (κ3) is 2.45. The summed E-state index contributed by atoms with van der Waals surface area (Å²) in [6.07, 6.45) is 0. The van der Waals surface area contributed by atoms with Crippen LogP contribution in [0, 0.1) is 10.8 Å². The van der Waals surface area contributed by atoms with E-state index in [-0.39, 0.29) is 11.9 Å². The van der Waals surface area contributed by atoms with E-state index < -0.39 is 0 Å². The van der Waals surface area contributed by atoms with Crippen molar-refractivity contribution in [3.63, 3.8) is 0 Å². The molecule has 0 aliphatic carbocycles. The molecule has 0 atom stereocenters. The van der Waals surface area contributed by atoms with Gasteiger partial charge in [0.1, 0.15) is 0 Å². The highest BCUT2D eigenvalue weighted by Gasteiger charge is 2.07. The Balaban J connectivity index is 2.63. The molecule has 0 bridgehead atoms. The number of hydrogen-bond acceptors (Lipinski definition) is 3. The summed E-state index contributed by atoms with van der Waals surface area (Å²) < 4.78 is 0. The Hall–Kier alpha value is -1.56. The predicted molar refractivity (Wildman–Crippen MR) is 55.5 cm³/mol. The molecule has 1 aromatic heterocycles. The third-order valence-electron chi connectivity index (χ3n) is 1.43. The molecule has 0 aliphatic rings. The molecule has 0 aromatic carbocycles. The van der Waals surface area contributed by atoms with E-state index in [1.807, 2.05) is 17.5 Å². The second kappa shape index (κ2) is 3.90. The van der Waals surface area contributed by atoms with Gasteiger partial charge in [0.05, 0.1) is 5.00 Å². The first-order chi connectivity index (χ1) is 6.11. The molecule has 0 unspecified atom stereocenters. The van der Waals surface area contributed by atoms with E-state index in [0.717, 1.165) is 5.00 Å². The van der Waals surface area contributed by atoms with Gasteiger partial charge >= 0.3 is 0 Å². The lowest BCUT2D eigenvalue weighted by molar-refractivity contribution is 1.12. The van der Waals surface area contributed by atoms with Crippen molar-refractivity contribution >= 4 is 28.3 Å². The molecule has 0 fully saturated rings. The third-order valence-corrected chi connectivity index (χ3v) is 2.37. The first-order valence-corrected chi connectivity index (χ1v) is 4.46. The van der Waals surface area contributed by atoms with Crippen LogP contribution in [-0.2, 0) is 0 Å². The molecule has 13 heavy (non-hydrogen) atoms. The van der Waals surface area contributed by atoms with Crippen molar-refractivity contribution in [1.29, 1.82) is 10.8 Å². The van der Waals surface area contributed by atoms with Gasteiger partial charge in [-0.2, -0.15) is 0 Å². The molecule has 70 valence electrons. The van der Waals surface area contributed by atoms with E-state index in [4.69, 9.17) is 16.6 Å². The smallest absolute Gasteiger partial charge is 0.202 e. The minimum Gasteiger partial charge on any atom is -0.370 e. The van der Waals surface area contributed by atoms with Gasteiger partial charge in [-0.25, -0.2) is 0 Å². The molecule has 5 nitrogen and oxygen atoms in total. The van der Waals surface area contributed by atoms with Crippen LogP contribution in [0.15, 0.2) is 17.5 Å². The number of rotatable bonds is 1. The fraction of sp³-hybridized carbons (Fsp3) is 0.143. The van der Waals surface area contributed by atoms with E-state index in [1.54, 1.807) is 11.9 Å². The van der Waals surface area contributed by atoms with Crippen LogP contribution >= 0.6 is 11.3 Å². The van der Waals surface area contributed by atoms with Gasteiger partial charge in [-0.05, 0) is 17.5 Å². The van der Waals surface area contributed by atoms with Gasteiger partial charge in [0.25, 0.3) is 0 Å². The number of nitrogens with one attached hydrogen (secondary N) is 3. The lowest BCUT2D eigenvalue weighted by Gasteiger charge is -2.17. The van der Waals surface area contributed by atoms with Gasteiger partial charge in [-0.15, -0.1) is 11.3 Å². The highest BCUT2D eigenvalue weighted by atomic mass is 32.1. The van der Waals surface area contributed by atoms with Crippen molar-refractivity contribution in [1.82, 2.24) is 5.32 Å². The molecule has 6 heteroatoms. The van der Waals surface area contributed by atoms with Gasteiger partial charge in [0.15, 0.2) is 5.96 Å². The van der Waals surface area contributed by atoms with Crippen molar-refractivity contribution in [2.24, 2.45) is 5.73 Å². The standard InChI is InChI=1S/C7H11N5S/c1-12(5-3-2-4-13-5)7(10)11-6(8)9/h2-4H,1H3,(H5,8,9,10,11). The highest BCUT2D eigenvalue weighted by molar-refractivity contribution is 7.14. The second-order valence-electron chi connectivity index (χ2n) is 2.40. The van der Waals surface area contributed by atoms with Crippen molar-refractivity contribution in [3.05, 3.63) is 17.5 Å². The lowest BCUT2D eigenvalue weighted by Crippen LogP contribution is -2.44. The van der Waals surface area contributed by atoms with Crippen molar-refractivity contribution in [2.45, 2.75) is 0 Å². The average Bonchev–Trinajstić information content (AvgIpc) is 2.53. The zero-order valence-electron chi connectivity index (χ0n) is 7.16. The fourth-order valence-corrected chi connectivity index (χ4v) is 1.49. The highest BCUT2D eigenvalue weighted by Crippen LogP contribution is 2.18.